The summed E-state index contributed by atoms with van der Waals surface area (Å²) in [5.41, 5.74) is 7.18. The molecule has 2 aliphatic heterocycles. The fraction of sp³-hybridized carbons (Fsp3) is 0.323. The van der Waals surface area contributed by atoms with E-state index in [2.05, 4.69) is 75.3 Å². The molecule has 0 aliphatic carbocycles. The van der Waals surface area contributed by atoms with Crippen molar-refractivity contribution in [1.82, 2.24) is 24.2 Å². The van der Waals surface area contributed by atoms with E-state index in [0.29, 0.717) is 11.6 Å². The van der Waals surface area contributed by atoms with Crippen LogP contribution in [0, 0.1) is 12.5 Å². The number of aromatic nitrogens is 4. The molecule has 0 spiro atoms. The number of hydrogen-bond donors (Lipinski definition) is 0. The Morgan fingerprint density at radius 2 is 1.68 bits per heavy atom. The van der Waals surface area contributed by atoms with Gasteiger partial charge in [-0.15, -0.1) is 0 Å². The van der Waals surface area contributed by atoms with Gasteiger partial charge in [-0.1, -0.05) is 30.3 Å². The highest BCUT2D eigenvalue weighted by atomic mass is 15.2. The van der Waals surface area contributed by atoms with E-state index in [-0.39, 0.29) is 0 Å². The van der Waals surface area contributed by atoms with E-state index in [9.17, 15) is 0 Å². The predicted octanol–water partition coefficient (Wildman–Crippen LogP) is 6.68. The first kappa shape index (κ1) is 22.3. The molecule has 2 unspecified atom stereocenters. The number of nitrogens with zero attached hydrogens (tertiary/aromatic N) is 6. The highest BCUT2D eigenvalue weighted by Gasteiger charge is 2.38. The average molecular weight is 487 g/mol. The van der Waals surface area contributed by atoms with Crippen molar-refractivity contribution in [2.24, 2.45) is 13.0 Å². The van der Waals surface area contributed by atoms with E-state index >= 15 is 0 Å². The van der Waals surface area contributed by atoms with Crippen LogP contribution in [0.25, 0.3) is 49.0 Å². The Morgan fingerprint density at radius 3 is 2.43 bits per heavy atom. The van der Waals surface area contributed by atoms with Crippen molar-refractivity contribution < 1.29 is 0 Å². The van der Waals surface area contributed by atoms with Gasteiger partial charge in [0.2, 0.25) is 0 Å². The van der Waals surface area contributed by atoms with Crippen LogP contribution in [0.2, 0.25) is 0 Å². The van der Waals surface area contributed by atoms with Gasteiger partial charge in [-0.25, -0.2) is 4.85 Å². The fourth-order valence-corrected chi connectivity index (χ4v) is 6.79. The summed E-state index contributed by atoms with van der Waals surface area (Å²) in [6, 6.07) is 18.1. The first-order valence-electron chi connectivity index (χ1n) is 13.2. The predicted molar refractivity (Wildman–Crippen MR) is 148 cm³/mol. The van der Waals surface area contributed by atoms with Gasteiger partial charge in [-0.05, 0) is 62.4 Å². The van der Waals surface area contributed by atoms with Crippen LogP contribution >= 0.6 is 0 Å². The van der Waals surface area contributed by atoms with E-state index in [4.69, 9.17) is 11.6 Å². The maximum absolute atomic E-state index is 7.37. The van der Waals surface area contributed by atoms with Crippen molar-refractivity contribution in [2.45, 2.75) is 44.3 Å². The number of benzene rings is 2. The highest BCUT2D eigenvalue weighted by Crippen LogP contribution is 2.41. The fourth-order valence-electron chi connectivity index (χ4n) is 6.79. The molecule has 2 bridgehead atoms. The SMILES string of the molecule is [C-]#[N+]c1ccc(-c2c(-c3ccc4c(cnn4C)c3)ncc3c2ccn3CC2CC3CCC(C2)N3C)cc1. The molecule has 6 heteroatoms. The van der Waals surface area contributed by atoms with Crippen LogP contribution in [-0.4, -0.2) is 43.4 Å². The minimum Gasteiger partial charge on any atom is -0.346 e. The molecule has 0 radical (unpaired) electrons. The molecule has 0 N–H and O–H groups in total. The quantitative estimate of drug-likeness (QED) is 0.266. The van der Waals surface area contributed by atoms with Gasteiger partial charge >= 0.3 is 0 Å². The number of piperidine rings is 1. The molecule has 2 saturated heterocycles. The number of aryl methyl sites for hydroxylation is 1. The van der Waals surface area contributed by atoms with Crippen LogP contribution in [-0.2, 0) is 13.6 Å². The lowest BCUT2D eigenvalue weighted by atomic mass is 9.91. The lowest BCUT2D eigenvalue weighted by molar-refractivity contribution is 0.126. The smallest absolute Gasteiger partial charge is 0.187 e. The molecule has 184 valence electrons. The Bertz CT molecular complexity index is 1650. The molecule has 2 atom stereocenters. The van der Waals surface area contributed by atoms with E-state index < -0.39 is 0 Å². The number of pyridine rings is 1. The van der Waals surface area contributed by atoms with Gasteiger partial charge in [0.1, 0.15) is 0 Å². The van der Waals surface area contributed by atoms with Gasteiger partial charge in [-0.2, -0.15) is 5.10 Å². The summed E-state index contributed by atoms with van der Waals surface area (Å²) in [6.45, 7) is 8.42. The van der Waals surface area contributed by atoms with Gasteiger partial charge in [0.05, 0.1) is 35.7 Å². The van der Waals surface area contributed by atoms with Crippen molar-refractivity contribution in [2.75, 3.05) is 7.05 Å². The monoisotopic (exact) mass is 486 g/mol. The molecule has 2 fully saturated rings. The molecular weight excluding hydrogens is 456 g/mol. The van der Waals surface area contributed by atoms with Crippen LogP contribution < -0.4 is 0 Å². The zero-order chi connectivity index (χ0) is 25.1. The summed E-state index contributed by atoms with van der Waals surface area (Å²) >= 11 is 0. The van der Waals surface area contributed by atoms with Crippen molar-refractivity contribution in [3.8, 4) is 22.4 Å². The third-order valence-electron chi connectivity index (χ3n) is 8.78. The standard InChI is InChI=1S/C31H30N6/c1-32-24-7-4-21(5-8-24)30-27-12-13-37(19-20-14-25-9-10-26(15-20)35(25)2)29(27)18-33-31(30)22-6-11-28-23(16-22)17-34-36(28)3/h4-8,11-13,16-18,20,25-26H,9-10,14-15,19H2,2-3H3. The summed E-state index contributed by atoms with van der Waals surface area (Å²) in [5, 5.41) is 6.73. The third-order valence-corrected chi connectivity index (χ3v) is 8.78. The molecule has 0 amide bonds. The molecule has 3 aromatic heterocycles. The molecule has 6 nitrogen and oxygen atoms in total. The molecule has 2 aliphatic rings. The van der Waals surface area contributed by atoms with Crippen molar-refractivity contribution in [3.63, 3.8) is 0 Å². The second-order valence-electron chi connectivity index (χ2n) is 10.8. The van der Waals surface area contributed by atoms with Gasteiger partial charge in [0.15, 0.2) is 5.69 Å². The van der Waals surface area contributed by atoms with E-state index in [0.717, 1.165) is 51.9 Å². The molecule has 5 aromatic rings. The van der Waals surface area contributed by atoms with Crippen LogP contribution in [0.1, 0.15) is 25.7 Å². The lowest BCUT2D eigenvalue weighted by Gasteiger charge is -2.36. The zero-order valence-corrected chi connectivity index (χ0v) is 21.3. The second-order valence-corrected chi connectivity index (χ2v) is 10.8. The summed E-state index contributed by atoms with van der Waals surface area (Å²) in [6.07, 6.45) is 11.5. The number of hydrogen-bond acceptors (Lipinski definition) is 3. The minimum atomic E-state index is 0.650. The van der Waals surface area contributed by atoms with E-state index in [1.807, 2.05) is 30.1 Å². The Balaban J connectivity index is 1.34. The zero-order valence-electron chi connectivity index (χ0n) is 21.3. The highest BCUT2D eigenvalue weighted by molar-refractivity contribution is 6.02. The Morgan fingerprint density at radius 1 is 0.919 bits per heavy atom. The van der Waals surface area contributed by atoms with Gasteiger partial charge < -0.3 is 9.47 Å². The summed E-state index contributed by atoms with van der Waals surface area (Å²) in [4.78, 5) is 11.3. The minimum absolute atomic E-state index is 0.650. The van der Waals surface area contributed by atoms with E-state index in [1.165, 1.54) is 36.6 Å². The van der Waals surface area contributed by atoms with Crippen LogP contribution in [0.3, 0.4) is 0 Å². The Labute approximate surface area is 217 Å². The molecule has 37 heavy (non-hydrogen) atoms. The van der Waals surface area contributed by atoms with Crippen LogP contribution in [0.15, 0.2) is 67.1 Å². The van der Waals surface area contributed by atoms with Crippen LogP contribution in [0.4, 0.5) is 5.69 Å². The Kier molecular flexibility index (Phi) is 5.16. The number of rotatable bonds is 4. The average Bonchev–Trinajstić information content (AvgIpc) is 3.55. The topological polar surface area (TPSA) is 43.2 Å². The van der Waals surface area contributed by atoms with Gasteiger partial charge in [0.25, 0.3) is 0 Å². The second kappa shape index (κ2) is 8.57. The maximum atomic E-state index is 7.37. The largest absolute Gasteiger partial charge is 0.346 e. The molecule has 5 heterocycles. The third kappa shape index (κ3) is 3.65. The van der Waals surface area contributed by atoms with Crippen LogP contribution in [0.5, 0.6) is 0 Å². The molecule has 7 rings (SSSR count). The van der Waals surface area contributed by atoms with Gasteiger partial charge in [0, 0.05) is 53.8 Å². The van der Waals surface area contributed by atoms with E-state index in [1.54, 1.807) is 0 Å². The lowest BCUT2D eigenvalue weighted by Crippen LogP contribution is -2.40. The van der Waals surface area contributed by atoms with Crippen molar-refractivity contribution in [3.05, 3.63) is 78.5 Å². The molecule has 0 saturated carbocycles. The van der Waals surface area contributed by atoms with Crippen molar-refractivity contribution >= 4 is 27.5 Å². The first-order chi connectivity index (χ1) is 18.1. The Hall–Kier alpha value is -3.95. The van der Waals surface area contributed by atoms with Gasteiger partial charge in [-0.3, -0.25) is 9.67 Å². The number of fused-ring (bicyclic) bond motifs is 4. The first-order valence-corrected chi connectivity index (χ1v) is 13.2. The normalized spacial score (nSPS) is 21.6. The molecular formula is C31H30N6. The summed E-state index contributed by atoms with van der Waals surface area (Å²) in [5.74, 6) is 0.707. The maximum Gasteiger partial charge on any atom is 0.187 e. The summed E-state index contributed by atoms with van der Waals surface area (Å²) in [7, 11) is 4.28. The summed E-state index contributed by atoms with van der Waals surface area (Å²) < 4.78 is 4.32. The van der Waals surface area contributed by atoms with Crippen molar-refractivity contribution in [1.29, 1.82) is 0 Å². The molecule has 2 aromatic carbocycles.